The van der Waals surface area contributed by atoms with Gasteiger partial charge in [0.05, 0.1) is 0 Å². The lowest BCUT2D eigenvalue weighted by atomic mass is 10.1. The van der Waals surface area contributed by atoms with Crippen LogP contribution < -0.4 is 15.5 Å². The zero-order valence-corrected chi connectivity index (χ0v) is 10.4. The first-order valence-electron chi connectivity index (χ1n) is 6.03. The van der Waals surface area contributed by atoms with Crippen LogP contribution in [0.4, 0.5) is 16.2 Å². The van der Waals surface area contributed by atoms with E-state index in [4.69, 9.17) is 0 Å². The third kappa shape index (κ3) is 2.70. The van der Waals surface area contributed by atoms with Gasteiger partial charge in [-0.05, 0) is 37.0 Å². The molecule has 1 heterocycles. The Morgan fingerprint density at radius 1 is 1.35 bits per heavy atom. The molecule has 0 aliphatic carbocycles. The Balaban J connectivity index is 2.25. The molecule has 0 radical (unpaired) electrons. The van der Waals surface area contributed by atoms with Crippen molar-refractivity contribution in [2.75, 3.05) is 30.9 Å². The van der Waals surface area contributed by atoms with E-state index in [1.165, 1.54) is 24.1 Å². The number of carbonyl (C=O) groups excluding carboxylic acids is 1. The molecule has 1 aromatic carbocycles. The highest BCUT2D eigenvalue weighted by Crippen LogP contribution is 2.28. The van der Waals surface area contributed by atoms with Crippen LogP contribution in [-0.2, 0) is 6.42 Å². The van der Waals surface area contributed by atoms with Gasteiger partial charge in [0, 0.05) is 32.0 Å². The summed E-state index contributed by atoms with van der Waals surface area (Å²) >= 11 is 0. The quantitative estimate of drug-likeness (QED) is 0.781. The molecule has 1 aliphatic heterocycles. The summed E-state index contributed by atoms with van der Waals surface area (Å²) in [7, 11) is 3.72. The maximum atomic E-state index is 11.3. The average Bonchev–Trinajstić information content (AvgIpc) is 2.52. The van der Waals surface area contributed by atoms with Crippen molar-refractivity contribution in [3.63, 3.8) is 0 Å². The normalized spacial score (nSPS) is 14.8. The summed E-state index contributed by atoms with van der Waals surface area (Å²) < 4.78 is 0. The molecule has 0 saturated heterocycles. The average molecular weight is 233 g/mol. The van der Waals surface area contributed by atoms with Crippen LogP contribution in [0.5, 0.6) is 0 Å². The highest BCUT2D eigenvalue weighted by atomic mass is 16.2. The van der Waals surface area contributed by atoms with E-state index in [0.29, 0.717) is 0 Å². The lowest BCUT2D eigenvalue weighted by Gasteiger charge is -2.20. The molecule has 92 valence electrons. The molecular formula is C13H19N3O. The van der Waals surface area contributed by atoms with E-state index in [-0.39, 0.29) is 6.03 Å². The number of hydrogen-bond acceptors (Lipinski definition) is 2. The Kier molecular flexibility index (Phi) is 3.52. The number of hydrogen-bond donors (Lipinski definition) is 2. The standard InChI is InChI=1S/C13H19N3O/c1-14-13(17)15-11-7-6-10-5-3-4-8-16(2)12(10)9-11/h6-7,9H,3-5,8H2,1-2H3,(H2,14,15,17). The molecule has 0 aromatic heterocycles. The smallest absolute Gasteiger partial charge is 0.318 e. The third-order valence-corrected chi connectivity index (χ3v) is 3.17. The van der Waals surface area contributed by atoms with Gasteiger partial charge in [0.25, 0.3) is 0 Å². The van der Waals surface area contributed by atoms with Crippen LogP contribution in [0.2, 0.25) is 0 Å². The van der Waals surface area contributed by atoms with Crippen LogP contribution in [0.15, 0.2) is 18.2 Å². The van der Waals surface area contributed by atoms with E-state index in [1.54, 1.807) is 7.05 Å². The van der Waals surface area contributed by atoms with Crippen LogP contribution >= 0.6 is 0 Å². The van der Waals surface area contributed by atoms with Crippen molar-refractivity contribution >= 4 is 17.4 Å². The van der Waals surface area contributed by atoms with Gasteiger partial charge in [-0.25, -0.2) is 4.79 Å². The minimum Gasteiger partial charge on any atom is -0.374 e. The molecule has 0 unspecified atom stereocenters. The first-order valence-corrected chi connectivity index (χ1v) is 6.03. The maximum Gasteiger partial charge on any atom is 0.318 e. The molecule has 17 heavy (non-hydrogen) atoms. The molecule has 2 rings (SSSR count). The predicted molar refractivity (Wildman–Crippen MR) is 70.7 cm³/mol. The molecule has 4 heteroatoms. The molecule has 0 bridgehead atoms. The Morgan fingerprint density at radius 2 is 2.18 bits per heavy atom. The zero-order chi connectivity index (χ0) is 12.3. The molecule has 0 saturated carbocycles. The van der Waals surface area contributed by atoms with Crippen LogP contribution in [0.3, 0.4) is 0 Å². The van der Waals surface area contributed by atoms with Crippen LogP contribution in [0.1, 0.15) is 18.4 Å². The molecule has 2 amide bonds. The number of aryl methyl sites for hydroxylation is 1. The molecule has 0 atom stereocenters. The predicted octanol–water partition coefficient (Wildman–Crippen LogP) is 2.21. The van der Waals surface area contributed by atoms with Gasteiger partial charge >= 0.3 is 6.03 Å². The molecule has 0 fully saturated rings. The molecule has 4 nitrogen and oxygen atoms in total. The summed E-state index contributed by atoms with van der Waals surface area (Å²) in [5, 5.41) is 5.36. The number of carbonyl (C=O) groups is 1. The van der Waals surface area contributed by atoms with Gasteiger partial charge in [-0.15, -0.1) is 0 Å². The van der Waals surface area contributed by atoms with E-state index in [2.05, 4.69) is 34.7 Å². The van der Waals surface area contributed by atoms with Gasteiger partial charge in [0.2, 0.25) is 0 Å². The Labute approximate surface area is 102 Å². The number of urea groups is 1. The van der Waals surface area contributed by atoms with E-state index in [9.17, 15) is 4.79 Å². The summed E-state index contributed by atoms with van der Waals surface area (Å²) in [5.74, 6) is 0. The second kappa shape index (κ2) is 5.08. The Bertz CT molecular complexity index is 417. The molecule has 2 N–H and O–H groups in total. The van der Waals surface area contributed by atoms with Crippen molar-refractivity contribution in [3.8, 4) is 0 Å². The largest absolute Gasteiger partial charge is 0.374 e. The van der Waals surface area contributed by atoms with Crippen molar-refractivity contribution in [2.45, 2.75) is 19.3 Å². The maximum absolute atomic E-state index is 11.3. The van der Waals surface area contributed by atoms with E-state index in [1.807, 2.05) is 6.07 Å². The van der Waals surface area contributed by atoms with Gasteiger partial charge in [0.1, 0.15) is 0 Å². The lowest BCUT2D eigenvalue weighted by Crippen LogP contribution is -2.25. The fraction of sp³-hybridized carbons (Fsp3) is 0.462. The first kappa shape index (κ1) is 11.8. The van der Waals surface area contributed by atoms with Crippen molar-refractivity contribution in [1.29, 1.82) is 0 Å². The van der Waals surface area contributed by atoms with E-state index < -0.39 is 0 Å². The van der Waals surface area contributed by atoms with Gasteiger partial charge in [-0.1, -0.05) is 6.07 Å². The van der Waals surface area contributed by atoms with E-state index in [0.717, 1.165) is 18.7 Å². The zero-order valence-electron chi connectivity index (χ0n) is 10.4. The first-order chi connectivity index (χ1) is 8.20. The van der Waals surface area contributed by atoms with Crippen LogP contribution in [0, 0.1) is 0 Å². The number of nitrogens with zero attached hydrogens (tertiary/aromatic N) is 1. The van der Waals surface area contributed by atoms with Crippen molar-refractivity contribution in [1.82, 2.24) is 5.32 Å². The number of anilines is 2. The van der Waals surface area contributed by atoms with Gasteiger partial charge in [-0.2, -0.15) is 0 Å². The second-order valence-corrected chi connectivity index (χ2v) is 4.43. The Hall–Kier alpha value is -1.71. The molecule has 1 aliphatic rings. The summed E-state index contributed by atoms with van der Waals surface area (Å²) in [6.45, 7) is 1.08. The summed E-state index contributed by atoms with van der Waals surface area (Å²) in [5.41, 5.74) is 3.45. The van der Waals surface area contributed by atoms with Crippen LogP contribution in [0.25, 0.3) is 0 Å². The molecule has 0 spiro atoms. The van der Waals surface area contributed by atoms with Gasteiger partial charge < -0.3 is 15.5 Å². The summed E-state index contributed by atoms with van der Waals surface area (Å²) in [6.07, 6.45) is 3.59. The third-order valence-electron chi connectivity index (χ3n) is 3.17. The highest BCUT2D eigenvalue weighted by Gasteiger charge is 2.12. The summed E-state index contributed by atoms with van der Waals surface area (Å²) in [6, 6.07) is 5.95. The number of nitrogens with one attached hydrogen (secondary N) is 2. The number of rotatable bonds is 1. The molecular weight excluding hydrogens is 214 g/mol. The van der Waals surface area contributed by atoms with Crippen molar-refractivity contribution < 1.29 is 4.79 Å². The second-order valence-electron chi connectivity index (χ2n) is 4.43. The van der Waals surface area contributed by atoms with Gasteiger partial charge in [0.15, 0.2) is 0 Å². The monoisotopic (exact) mass is 233 g/mol. The molecule has 1 aromatic rings. The SMILES string of the molecule is CNC(=O)Nc1ccc2c(c1)N(C)CCCC2. The minimum atomic E-state index is -0.179. The number of amides is 2. The topological polar surface area (TPSA) is 44.4 Å². The van der Waals surface area contributed by atoms with E-state index >= 15 is 0 Å². The summed E-state index contributed by atoms with van der Waals surface area (Å²) in [4.78, 5) is 13.5. The fourth-order valence-electron chi connectivity index (χ4n) is 2.19. The minimum absolute atomic E-state index is 0.179. The lowest BCUT2D eigenvalue weighted by molar-refractivity contribution is 0.254. The number of benzene rings is 1. The van der Waals surface area contributed by atoms with Crippen molar-refractivity contribution in [2.24, 2.45) is 0 Å². The van der Waals surface area contributed by atoms with Gasteiger partial charge in [-0.3, -0.25) is 0 Å². The highest BCUT2D eigenvalue weighted by molar-refractivity contribution is 5.89. The van der Waals surface area contributed by atoms with Crippen LogP contribution in [-0.4, -0.2) is 26.7 Å². The fourth-order valence-corrected chi connectivity index (χ4v) is 2.19. The Morgan fingerprint density at radius 3 is 2.94 bits per heavy atom. The number of fused-ring (bicyclic) bond motifs is 1. The van der Waals surface area contributed by atoms with Crippen molar-refractivity contribution in [3.05, 3.63) is 23.8 Å².